The first-order valence-electron chi connectivity index (χ1n) is 9.05. The average molecular weight is 342 g/mol. The Balaban J connectivity index is 1.63. The molecule has 0 aromatic carbocycles. The molecule has 1 amide bonds. The fourth-order valence-electron chi connectivity index (χ4n) is 4.24. The van der Waals surface area contributed by atoms with Crippen molar-refractivity contribution >= 4 is 5.91 Å². The normalized spacial score (nSPS) is 21.5. The topological polar surface area (TPSA) is 63.3 Å². The van der Waals surface area contributed by atoms with Gasteiger partial charge >= 0.3 is 0 Å². The van der Waals surface area contributed by atoms with Gasteiger partial charge in [0, 0.05) is 31.0 Å². The van der Waals surface area contributed by atoms with E-state index in [-0.39, 0.29) is 17.4 Å². The minimum atomic E-state index is -0.00555. The van der Waals surface area contributed by atoms with Gasteiger partial charge in [-0.1, -0.05) is 0 Å². The van der Waals surface area contributed by atoms with Crippen LogP contribution in [0.1, 0.15) is 47.0 Å². The first-order valence-corrected chi connectivity index (χ1v) is 9.05. The molecule has 2 aliphatic rings. The van der Waals surface area contributed by atoms with Crippen LogP contribution in [-0.4, -0.2) is 39.5 Å². The van der Waals surface area contributed by atoms with Crippen LogP contribution in [0, 0.1) is 19.3 Å². The third kappa shape index (κ3) is 2.88. The molecule has 25 heavy (non-hydrogen) atoms. The number of imidazole rings is 1. The van der Waals surface area contributed by atoms with Gasteiger partial charge in [-0.05, 0) is 57.7 Å². The van der Waals surface area contributed by atoms with Crippen molar-refractivity contribution in [3.05, 3.63) is 41.4 Å². The van der Waals surface area contributed by atoms with Gasteiger partial charge in [-0.2, -0.15) is 0 Å². The molecule has 2 aromatic rings. The molecule has 0 bridgehead atoms. The molecule has 2 fully saturated rings. The summed E-state index contributed by atoms with van der Waals surface area (Å²) in [5, 5.41) is 3.43. The van der Waals surface area contributed by atoms with Gasteiger partial charge < -0.3 is 19.2 Å². The number of nitrogens with zero attached hydrogens (tertiary/aromatic N) is 3. The van der Waals surface area contributed by atoms with E-state index in [9.17, 15) is 4.79 Å². The highest BCUT2D eigenvalue weighted by molar-refractivity contribution is 5.93. The van der Waals surface area contributed by atoms with Crippen LogP contribution in [0.3, 0.4) is 0 Å². The fraction of sp³-hybridized carbons (Fsp3) is 0.579. The van der Waals surface area contributed by atoms with E-state index in [2.05, 4.69) is 10.3 Å². The van der Waals surface area contributed by atoms with Gasteiger partial charge in [0.1, 0.15) is 11.6 Å². The molecule has 1 spiro atoms. The minimum Gasteiger partial charge on any atom is -0.456 e. The molecule has 1 aliphatic carbocycles. The minimum absolute atomic E-state index is 0.00555. The second-order valence-electron chi connectivity index (χ2n) is 7.59. The van der Waals surface area contributed by atoms with Crippen molar-refractivity contribution in [3.8, 4) is 0 Å². The highest BCUT2D eigenvalue weighted by atomic mass is 16.4. The first kappa shape index (κ1) is 16.4. The standard InChI is InChI=1S/C19H26N4O2/c1-13-10-14(2)25-17(13)18(24)23(12-16-21-8-9-22(16)3)15-11-19(15)4-6-20-7-5-19/h8-10,15,20H,4-7,11-12H2,1-3H3. The van der Waals surface area contributed by atoms with E-state index in [0.29, 0.717) is 12.3 Å². The van der Waals surface area contributed by atoms with Crippen molar-refractivity contribution in [1.82, 2.24) is 19.8 Å². The van der Waals surface area contributed by atoms with Gasteiger partial charge in [-0.15, -0.1) is 0 Å². The first-order chi connectivity index (χ1) is 12.0. The van der Waals surface area contributed by atoms with E-state index in [0.717, 1.165) is 49.5 Å². The molecule has 1 saturated heterocycles. The predicted molar refractivity (Wildman–Crippen MR) is 94.2 cm³/mol. The Bertz CT molecular complexity index is 785. The molecule has 1 atom stereocenters. The number of furan rings is 1. The quantitative estimate of drug-likeness (QED) is 0.927. The Labute approximate surface area is 148 Å². The van der Waals surface area contributed by atoms with Crippen LogP contribution in [0.2, 0.25) is 0 Å². The van der Waals surface area contributed by atoms with Crippen molar-refractivity contribution in [3.63, 3.8) is 0 Å². The molecule has 3 heterocycles. The van der Waals surface area contributed by atoms with E-state index in [4.69, 9.17) is 4.42 Å². The van der Waals surface area contributed by atoms with Crippen molar-refractivity contribution in [2.45, 2.75) is 45.7 Å². The van der Waals surface area contributed by atoms with E-state index in [1.165, 1.54) is 0 Å². The zero-order chi connectivity index (χ0) is 17.6. The van der Waals surface area contributed by atoms with Crippen LogP contribution in [0.15, 0.2) is 22.9 Å². The molecule has 1 aliphatic heterocycles. The van der Waals surface area contributed by atoms with Crippen LogP contribution in [0.4, 0.5) is 0 Å². The SMILES string of the molecule is Cc1cc(C)c(C(=O)N(Cc2nccn2C)C2CC23CCNCC3)o1. The summed E-state index contributed by atoms with van der Waals surface area (Å²) in [5.74, 6) is 2.16. The number of rotatable bonds is 4. The number of hydrogen-bond donors (Lipinski definition) is 1. The highest BCUT2D eigenvalue weighted by Gasteiger charge is 2.58. The summed E-state index contributed by atoms with van der Waals surface area (Å²) >= 11 is 0. The number of carbonyl (C=O) groups excluding carboxylic acids is 1. The van der Waals surface area contributed by atoms with Crippen LogP contribution in [0.25, 0.3) is 0 Å². The number of hydrogen-bond acceptors (Lipinski definition) is 4. The largest absolute Gasteiger partial charge is 0.456 e. The Hall–Kier alpha value is -2.08. The van der Waals surface area contributed by atoms with Crippen molar-refractivity contribution in [2.24, 2.45) is 12.5 Å². The molecular formula is C19H26N4O2. The zero-order valence-corrected chi connectivity index (χ0v) is 15.2. The van der Waals surface area contributed by atoms with Crippen LogP contribution >= 0.6 is 0 Å². The molecule has 134 valence electrons. The molecule has 4 rings (SSSR count). The summed E-state index contributed by atoms with van der Waals surface area (Å²) in [5.41, 5.74) is 1.19. The molecule has 1 unspecified atom stereocenters. The van der Waals surface area contributed by atoms with E-state index >= 15 is 0 Å². The van der Waals surface area contributed by atoms with E-state index in [1.807, 2.05) is 42.6 Å². The van der Waals surface area contributed by atoms with E-state index < -0.39 is 0 Å². The molecular weight excluding hydrogens is 316 g/mol. The lowest BCUT2D eigenvalue weighted by atomic mass is 9.93. The molecule has 1 N–H and O–H groups in total. The maximum atomic E-state index is 13.3. The summed E-state index contributed by atoms with van der Waals surface area (Å²) in [4.78, 5) is 19.7. The van der Waals surface area contributed by atoms with Gasteiger partial charge in [-0.25, -0.2) is 4.98 Å². The Morgan fingerprint density at radius 2 is 2.20 bits per heavy atom. The predicted octanol–water partition coefficient (Wildman–Crippen LogP) is 2.41. The summed E-state index contributed by atoms with van der Waals surface area (Å²) in [7, 11) is 1.97. The Kier molecular flexibility index (Phi) is 3.95. The van der Waals surface area contributed by atoms with Crippen molar-refractivity contribution in [1.29, 1.82) is 0 Å². The number of piperidine rings is 1. The third-order valence-electron chi connectivity index (χ3n) is 5.85. The fourth-order valence-corrected chi connectivity index (χ4v) is 4.24. The summed E-state index contributed by atoms with van der Waals surface area (Å²) in [6.45, 7) is 6.44. The number of carbonyl (C=O) groups is 1. The molecule has 0 radical (unpaired) electrons. The van der Waals surface area contributed by atoms with Crippen LogP contribution in [-0.2, 0) is 13.6 Å². The maximum absolute atomic E-state index is 13.3. The lowest BCUT2D eigenvalue weighted by Gasteiger charge is -2.29. The molecule has 6 heteroatoms. The molecule has 2 aromatic heterocycles. The van der Waals surface area contributed by atoms with Crippen molar-refractivity contribution in [2.75, 3.05) is 13.1 Å². The van der Waals surface area contributed by atoms with Crippen LogP contribution in [0.5, 0.6) is 0 Å². The number of amides is 1. The van der Waals surface area contributed by atoms with Gasteiger partial charge in [0.05, 0.1) is 6.54 Å². The van der Waals surface area contributed by atoms with Gasteiger partial charge in [-0.3, -0.25) is 4.79 Å². The maximum Gasteiger partial charge on any atom is 0.290 e. The number of nitrogens with one attached hydrogen (secondary N) is 1. The second kappa shape index (κ2) is 6.02. The molecule has 6 nitrogen and oxygen atoms in total. The lowest BCUT2D eigenvalue weighted by molar-refractivity contribution is 0.0650. The zero-order valence-electron chi connectivity index (χ0n) is 15.2. The lowest BCUT2D eigenvalue weighted by Crippen LogP contribution is -2.39. The summed E-state index contributed by atoms with van der Waals surface area (Å²) in [6, 6.07) is 2.21. The monoisotopic (exact) mass is 342 g/mol. The van der Waals surface area contributed by atoms with E-state index in [1.54, 1.807) is 6.20 Å². The summed E-state index contributed by atoms with van der Waals surface area (Å²) < 4.78 is 7.71. The highest BCUT2D eigenvalue weighted by Crippen LogP contribution is 2.56. The smallest absolute Gasteiger partial charge is 0.290 e. The van der Waals surface area contributed by atoms with Crippen LogP contribution < -0.4 is 5.32 Å². The summed E-state index contributed by atoms with van der Waals surface area (Å²) in [6.07, 6.45) is 7.07. The number of aromatic nitrogens is 2. The molecule has 1 saturated carbocycles. The van der Waals surface area contributed by atoms with Gasteiger partial charge in [0.25, 0.3) is 5.91 Å². The Morgan fingerprint density at radius 3 is 2.80 bits per heavy atom. The van der Waals surface area contributed by atoms with Crippen molar-refractivity contribution < 1.29 is 9.21 Å². The third-order valence-corrected chi connectivity index (χ3v) is 5.85. The second-order valence-corrected chi connectivity index (χ2v) is 7.59. The average Bonchev–Trinajstić information content (AvgIpc) is 2.91. The Morgan fingerprint density at radius 1 is 1.44 bits per heavy atom. The van der Waals surface area contributed by atoms with Gasteiger partial charge in [0.15, 0.2) is 5.76 Å². The number of aryl methyl sites for hydroxylation is 3. The van der Waals surface area contributed by atoms with Gasteiger partial charge in [0.2, 0.25) is 0 Å².